The fourth-order valence-corrected chi connectivity index (χ4v) is 2.63. The van der Waals surface area contributed by atoms with Crippen molar-refractivity contribution >= 4 is 17.5 Å². The second kappa shape index (κ2) is 11.7. The normalized spacial score (nSPS) is 10.5. The number of hydrogen-bond acceptors (Lipinski definition) is 6. The Bertz CT molecular complexity index is 744. The van der Waals surface area contributed by atoms with Crippen LogP contribution in [0.5, 0.6) is 0 Å². The molecule has 28 heavy (non-hydrogen) atoms. The third kappa shape index (κ3) is 7.36. The highest BCUT2D eigenvalue weighted by atomic mass is 16.5. The van der Waals surface area contributed by atoms with Gasteiger partial charge in [0.2, 0.25) is 5.91 Å². The zero-order valence-corrected chi connectivity index (χ0v) is 16.1. The molecule has 1 aromatic heterocycles. The minimum atomic E-state index is -0.362. The molecule has 0 saturated carbocycles. The number of carbonyl (C=O) groups excluding carboxylic acids is 2. The molecule has 0 bridgehead atoms. The lowest BCUT2D eigenvalue weighted by Crippen LogP contribution is -2.24. The maximum Gasteiger partial charge on any atom is 0.251 e. The Labute approximate surface area is 164 Å². The molecule has 0 aliphatic rings. The van der Waals surface area contributed by atoms with Gasteiger partial charge in [0.05, 0.1) is 12.7 Å². The minimum absolute atomic E-state index is 0.0999. The van der Waals surface area contributed by atoms with E-state index in [9.17, 15) is 9.59 Å². The first-order valence-corrected chi connectivity index (χ1v) is 9.56. The van der Waals surface area contributed by atoms with E-state index in [-0.39, 0.29) is 11.8 Å². The fourth-order valence-electron chi connectivity index (χ4n) is 2.63. The van der Waals surface area contributed by atoms with Gasteiger partial charge in [-0.3, -0.25) is 19.5 Å². The molecule has 2 aromatic rings. The number of nitrogens with one attached hydrogen (secondary N) is 3. The molecule has 0 radical (unpaired) electrons. The quantitative estimate of drug-likeness (QED) is 0.251. The van der Waals surface area contributed by atoms with Gasteiger partial charge in [0.25, 0.3) is 5.91 Å². The van der Waals surface area contributed by atoms with Crippen LogP contribution in [-0.4, -0.2) is 38.6 Å². The predicted octanol–water partition coefficient (Wildman–Crippen LogP) is 2.10. The van der Waals surface area contributed by atoms with Crippen molar-refractivity contribution in [3.8, 4) is 0 Å². The van der Waals surface area contributed by atoms with Crippen LogP contribution >= 0.6 is 0 Å². The van der Waals surface area contributed by atoms with Crippen LogP contribution in [0, 0.1) is 0 Å². The number of rotatable bonds is 12. The summed E-state index contributed by atoms with van der Waals surface area (Å²) < 4.78 is 1.77. The number of hydroxylamine groups is 1. The lowest BCUT2D eigenvalue weighted by atomic mass is 10.1. The van der Waals surface area contributed by atoms with Crippen molar-refractivity contribution in [2.45, 2.75) is 52.1 Å². The number of carbonyl (C=O) groups is 2. The topological polar surface area (TPSA) is 121 Å². The van der Waals surface area contributed by atoms with Crippen LogP contribution < -0.4 is 16.1 Å². The highest BCUT2D eigenvalue weighted by Gasteiger charge is 2.05. The summed E-state index contributed by atoms with van der Waals surface area (Å²) in [5.74, 6) is -0.462. The molecule has 0 spiro atoms. The van der Waals surface area contributed by atoms with Crippen molar-refractivity contribution in [2.24, 2.45) is 0 Å². The fraction of sp³-hybridized carbons (Fsp3) is 0.474. The number of unbranched alkanes of at least 4 members (excludes halogenated alkanes) is 3. The van der Waals surface area contributed by atoms with Crippen LogP contribution in [0.4, 0.5) is 5.69 Å². The summed E-state index contributed by atoms with van der Waals surface area (Å²) in [5.41, 5.74) is 4.00. The Hall–Kier alpha value is -2.94. The van der Waals surface area contributed by atoms with Gasteiger partial charge in [0, 0.05) is 30.8 Å². The van der Waals surface area contributed by atoms with E-state index in [1.807, 2.05) is 25.3 Å². The Morgan fingerprint density at radius 3 is 2.54 bits per heavy atom. The number of amides is 2. The van der Waals surface area contributed by atoms with Gasteiger partial charge in [-0.05, 0) is 44.0 Å². The largest absolute Gasteiger partial charge is 0.379 e. The molecule has 0 unspecified atom stereocenters. The highest BCUT2D eigenvalue weighted by Crippen LogP contribution is 2.11. The first kappa shape index (κ1) is 21.4. The number of nitrogens with zero attached hydrogens (tertiary/aromatic N) is 3. The van der Waals surface area contributed by atoms with E-state index in [4.69, 9.17) is 5.21 Å². The lowest BCUT2D eigenvalue weighted by Gasteiger charge is -2.07. The smallest absolute Gasteiger partial charge is 0.251 e. The molecule has 1 heterocycles. The molecular weight excluding hydrogens is 360 g/mol. The first-order chi connectivity index (χ1) is 13.6. The van der Waals surface area contributed by atoms with E-state index < -0.39 is 0 Å². The standard InChI is InChI=1S/C19H28N6O3/c1-2-25-14-17(22-24-25)13-21-16-10-8-15(9-11-16)19(27)20-12-6-4-3-5-7-18(26)23-28/h8-11,14,21,28H,2-7,12-13H2,1H3,(H,20,27)(H,23,26). The summed E-state index contributed by atoms with van der Waals surface area (Å²) in [7, 11) is 0. The van der Waals surface area contributed by atoms with Crippen molar-refractivity contribution in [1.82, 2.24) is 25.8 Å². The molecule has 0 aliphatic heterocycles. The number of aromatic nitrogens is 3. The Morgan fingerprint density at radius 2 is 1.86 bits per heavy atom. The van der Waals surface area contributed by atoms with Crippen molar-refractivity contribution in [3.63, 3.8) is 0 Å². The van der Waals surface area contributed by atoms with Crippen molar-refractivity contribution in [3.05, 3.63) is 41.7 Å². The molecule has 4 N–H and O–H groups in total. The van der Waals surface area contributed by atoms with Crippen molar-refractivity contribution < 1.29 is 14.8 Å². The lowest BCUT2D eigenvalue weighted by molar-refractivity contribution is -0.129. The van der Waals surface area contributed by atoms with Gasteiger partial charge in [-0.2, -0.15) is 0 Å². The molecule has 9 nitrogen and oxygen atoms in total. The van der Waals surface area contributed by atoms with Crippen LogP contribution in [-0.2, 0) is 17.9 Å². The second-order valence-electron chi connectivity index (χ2n) is 6.45. The zero-order valence-electron chi connectivity index (χ0n) is 16.1. The minimum Gasteiger partial charge on any atom is -0.379 e. The number of anilines is 1. The van der Waals surface area contributed by atoms with Gasteiger partial charge >= 0.3 is 0 Å². The van der Waals surface area contributed by atoms with E-state index >= 15 is 0 Å². The summed E-state index contributed by atoms with van der Waals surface area (Å²) in [6.07, 6.45) is 5.60. The molecule has 2 rings (SSSR count). The summed E-state index contributed by atoms with van der Waals surface area (Å²) in [6.45, 7) is 3.97. The van der Waals surface area contributed by atoms with Gasteiger partial charge in [0.15, 0.2) is 0 Å². The van der Waals surface area contributed by atoms with E-state index in [1.165, 1.54) is 0 Å². The molecule has 2 amide bonds. The molecule has 0 fully saturated rings. The second-order valence-corrected chi connectivity index (χ2v) is 6.45. The van der Waals surface area contributed by atoms with E-state index in [0.29, 0.717) is 25.1 Å². The van der Waals surface area contributed by atoms with Crippen molar-refractivity contribution in [1.29, 1.82) is 0 Å². The van der Waals surface area contributed by atoms with Gasteiger partial charge in [0.1, 0.15) is 5.69 Å². The Balaban J connectivity index is 1.63. The molecule has 1 aromatic carbocycles. The van der Waals surface area contributed by atoms with Crippen LogP contribution in [0.15, 0.2) is 30.5 Å². The van der Waals surface area contributed by atoms with Crippen LogP contribution in [0.1, 0.15) is 55.1 Å². The Morgan fingerprint density at radius 1 is 1.11 bits per heavy atom. The predicted molar refractivity (Wildman–Crippen MR) is 105 cm³/mol. The van der Waals surface area contributed by atoms with Crippen LogP contribution in [0.3, 0.4) is 0 Å². The van der Waals surface area contributed by atoms with Crippen LogP contribution in [0.25, 0.3) is 0 Å². The SMILES string of the molecule is CCn1cc(CNc2ccc(C(=O)NCCCCCCC(=O)NO)cc2)nn1. The van der Waals surface area contributed by atoms with Gasteiger partial charge < -0.3 is 10.6 Å². The van der Waals surface area contributed by atoms with E-state index in [0.717, 1.165) is 43.6 Å². The molecular formula is C19H28N6O3. The summed E-state index contributed by atoms with van der Waals surface area (Å²) in [5, 5.41) is 22.6. The molecule has 152 valence electrons. The maximum atomic E-state index is 12.2. The maximum absolute atomic E-state index is 12.2. The van der Waals surface area contributed by atoms with Gasteiger partial charge in [-0.1, -0.05) is 18.1 Å². The molecule has 0 atom stereocenters. The average molecular weight is 388 g/mol. The average Bonchev–Trinajstić information content (AvgIpc) is 3.19. The number of benzene rings is 1. The van der Waals surface area contributed by atoms with Gasteiger partial charge in [-0.25, -0.2) is 5.48 Å². The number of aryl methyl sites for hydroxylation is 1. The summed E-state index contributed by atoms with van der Waals surface area (Å²) in [6, 6.07) is 7.30. The van der Waals surface area contributed by atoms with E-state index in [2.05, 4.69) is 20.9 Å². The third-order valence-electron chi connectivity index (χ3n) is 4.27. The highest BCUT2D eigenvalue weighted by molar-refractivity contribution is 5.94. The zero-order chi connectivity index (χ0) is 20.2. The van der Waals surface area contributed by atoms with Crippen molar-refractivity contribution in [2.75, 3.05) is 11.9 Å². The summed E-state index contributed by atoms with van der Waals surface area (Å²) in [4.78, 5) is 23.0. The molecule has 9 heteroatoms. The molecule has 0 aliphatic carbocycles. The van der Waals surface area contributed by atoms with Crippen LogP contribution in [0.2, 0.25) is 0 Å². The monoisotopic (exact) mass is 388 g/mol. The van der Waals surface area contributed by atoms with Gasteiger partial charge in [-0.15, -0.1) is 5.10 Å². The molecule has 0 saturated heterocycles. The number of hydrogen-bond donors (Lipinski definition) is 4. The Kier molecular flexibility index (Phi) is 8.93. The third-order valence-corrected chi connectivity index (χ3v) is 4.27. The first-order valence-electron chi connectivity index (χ1n) is 9.56. The van der Waals surface area contributed by atoms with E-state index in [1.54, 1.807) is 22.3 Å². The summed E-state index contributed by atoms with van der Waals surface area (Å²) >= 11 is 0.